The molecule has 1 aliphatic heterocycles. The van der Waals surface area contributed by atoms with Crippen molar-refractivity contribution in [3.8, 4) is 0 Å². The van der Waals surface area contributed by atoms with Crippen LogP contribution in [0.5, 0.6) is 0 Å². The first-order valence-corrected chi connectivity index (χ1v) is 7.90. The van der Waals surface area contributed by atoms with Gasteiger partial charge in [-0.15, -0.1) is 0 Å². The van der Waals surface area contributed by atoms with Crippen molar-refractivity contribution in [2.75, 3.05) is 32.7 Å². The normalized spacial score (nSPS) is 15.9. The van der Waals surface area contributed by atoms with Gasteiger partial charge in [0.2, 0.25) is 5.91 Å². The summed E-state index contributed by atoms with van der Waals surface area (Å²) in [4.78, 5) is 39.4. The van der Waals surface area contributed by atoms with Crippen LogP contribution in [0.2, 0.25) is 0 Å². The third kappa shape index (κ3) is 5.38. The minimum Gasteiger partial charge on any atom is -0.472 e. The molecule has 1 aromatic rings. The fourth-order valence-electron chi connectivity index (χ4n) is 2.42. The summed E-state index contributed by atoms with van der Waals surface area (Å²) >= 11 is 0. The summed E-state index contributed by atoms with van der Waals surface area (Å²) in [5.41, 5.74) is 0.128. The second kappa shape index (κ2) is 7.48. The highest BCUT2D eigenvalue weighted by molar-refractivity contribution is 5.95. The Balaban J connectivity index is 1.74. The van der Waals surface area contributed by atoms with Crippen LogP contribution in [0.3, 0.4) is 0 Å². The number of hydrogen-bond acceptors (Lipinski definition) is 5. The molecule has 24 heavy (non-hydrogen) atoms. The second-order valence-electron chi connectivity index (χ2n) is 6.83. The number of hydrogen-bond donors (Lipinski definition) is 2. The topological polar surface area (TPSA) is 94.9 Å². The number of nitrogens with zero attached hydrogens (tertiary/aromatic N) is 2. The van der Waals surface area contributed by atoms with E-state index in [1.165, 1.54) is 12.5 Å². The van der Waals surface area contributed by atoms with Crippen molar-refractivity contribution < 1.29 is 18.8 Å². The highest BCUT2D eigenvalue weighted by Crippen LogP contribution is 2.09. The standard InChI is InChI=1S/C16H24N4O4/c1-16(2,3)18-15(23)17-13(21)10-19-5-7-20(8-6-19)14(22)12-4-9-24-11-12/h4,9,11H,5-8,10H2,1-3H3,(H2,17,18,21,23). The van der Waals surface area contributed by atoms with E-state index in [1.54, 1.807) is 11.0 Å². The molecule has 1 saturated heterocycles. The highest BCUT2D eigenvalue weighted by Gasteiger charge is 2.24. The maximum absolute atomic E-state index is 12.2. The lowest BCUT2D eigenvalue weighted by atomic mass is 10.1. The minimum absolute atomic E-state index is 0.0718. The molecular weight excluding hydrogens is 312 g/mol. The number of carbonyl (C=O) groups excluding carboxylic acids is 3. The zero-order chi connectivity index (χ0) is 17.7. The summed E-state index contributed by atoms with van der Waals surface area (Å²) < 4.78 is 4.92. The molecule has 4 amide bonds. The van der Waals surface area contributed by atoms with Crippen molar-refractivity contribution in [3.63, 3.8) is 0 Å². The first-order valence-electron chi connectivity index (χ1n) is 7.90. The van der Waals surface area contributed by atoms with Crippen LogP contribution in [0.15, 0.2) is 23.0 Å². The fourth-order valence-corrected chi connectivity index (χ4v) is 2.42. The van der Waals surface area contributed by atoms with Crippen LogP contribution in [-0.2, 0) is 4.79 Å². The molecule has 0 bridgehead atoms. The van der Waals surface area contributed by atoms with E-state index in [0.29, 0.717) is 31.7 Å². The number of piperazine rings is 1. The zero-order valence-corrected chi connectivity index (χ0v) is 14.3. The molecule has 1 aliphatic rings. The largest absolute Gasteiger partial charge is 0.472 e. The van der Waals surface area contributed by atoms with E-state index in [9.17, 15) is 14.4 Å². The summed E-state index contributed by atoms with van der Waals surface area (Å²) in [6.07, 6.45) is 2.90. The van der Waals surface area contributed by atoms with Gasteiger partial charge >= 0.3 is 6.03 Å². The maximum Gasteiger partial charge on any atom is 0.321 e. The van der Waals surface area contributed by atoms with Crippen molar-refractivity contribution >= 4 is 17.8 Å². The molecule has 8 nitrogen and oxygen atoms in total. The molecule has 0 atom stereocenters. The number of rotatable bonds is 3. The van der Waals surface area contributed by atoms with E-state index in [4.69, 9.17) is 4.42 Å². The molecule has 0 aliphatic carbocycles. The molecule has 132 valence electrons. The Morgan fingerprint density at radius 1 is 1.17 bits per heavy atom. The molecular formula is C16H24N4O4. The average Bonchev–Trinajstić information content (AvgIpc) is 2.99. The number of furan rings is 1. The molecule has 0 spiro atoms. The molecule has 1 fully saturated rings. The summed E-state index contributed by atoms with van der Waals surface area (Å²) in [5.74, 6) is -0.427. The molecule has 0 unspecified atom stereocenters. The second-order valence-corrected chi connectivity index (χ2v) is 6.83. The molecule has 2 heterocycles. The molecule has 8 heteroatoms. The summed E-state index contributed by atoms with van der Waals surface area (Å²) in [6.45, 7) is 7.88. The molecule has 2 rings (SSSR count). The molecule has 2 N–H and O–H groups in total. The van der Waals surface area contributed by atoms with Crippen molar-refractivity contribution in [1.29, 1.82) is 0 Å². The Morgan fingerprint density at radius 2 is 1.83 bits per heavy atom. The zero-order valence-electron chi connectivity index (χ0n) is 14.3. The third-order valence-corrected chi connectivity index (χ3v) is 3.54. The van der Waals surface area contributed by atoms with Gasteiger partial charge in [0.05, 0.1) is 18.4 Å². The van der Waals surface area contributed by atoms with Crippen LogP contribution in [0.25, 0.3) is 0 Å². The van der Waals surface area contributed by atoms with E-state index in [0.717, 1.165) is 0 Å². The number of amides is 4. The van der Waals surface area contributed by atoms with Gasteiger partial charge in [-0.25, -0.2) is 4.79 Å². The van der Waals surface area contributed by atoms with Crippen LogP contribution in [0.4, 0.5) is 4.79 Å². The number of urea groups is 1. The van der Waals surface area contributed by atoms with Crippen molar-refractivity contribution in [1.82, 2.24) is 20.4 Å². The van der Waals surface area contributed by atoms with E-state index >= 15 is 0 Å². The monoisotopic (exact) mass is 336 g/mol. The Kier molecular flexibility index (Phi) is 5.61. The fraction of sp³-hybridized carbons (Fsp3) is 0.562. The van der Waals surface area contributed by atoms with Gasteiger partial charge < -0.3 is 14.6 Å². The van der Waals surface area contributed by atoms with Gasteiger partial charge in [-0.2, -0.15) is 0 Å². The molecule has 0 saturated carbocycles. The quantitative estimate of drug-likeness (QED) is 0.846. The summed E-state index contributed by atoms with van der Waals surface area (Å²) in [5, 5.41) is 4.99. The van der Waals surface area contributed by atoms with Gasteiger partial charge in [0, 0.05) is 31.7 Å². The van der Waals surface area contributed by atoms with Crippen molar-refractivity contribution in [2.45, 2.75) is 26.3 Å². The van der Waals surface area contributed by atoms with Crippen molar-refractivity contribution in [3.05, 3.63) is 24.2 Å². The minimum atomic E-state index is -0.499. The highest BCUT2D eigenvalue weighted by atomic mass is 16.3. The van der Waals surface area contributed by atoms with Gasteiger partial charge in [-0.3, -0.25) is 19.8 Å². The van der Waals surface area contributed by atoms with Gasteiger partial charge in [-0.05, 0) is 26.8 Å². The van der Waals surface area contributed by atoms with Gasteiger partial charge in [-0.1, -0.05) is 0 Å². The lowest BCUT2D eigenvalue weighted by Gasteiger charge is -2.34. The maximum atomic E-state index is 12.2. The van der Waals surface area contributed by atoms with Gasteiger partial charge in [0.15, 0.2) is 0 Å². The number of carbonyl (C=O) groups is 3. The lowest BCUT2D eigenvalue weighted by molar-refractivity contribution is -0.121. The van der Waals surface area contributed by atoms with Gasteiger partial charge in [0.1, 0.15) is 6.26 Å². The number of imide groups is 1. The molecule has 0 aromatic carbocycles. The number of nitrogens with one attached hydrogen (secondary N) is 2. The summed E-state index contributed by atoms with van der Waals surface area (Å²) in [7, 11) is 0. The molecule has 0 radical (unpaired) electrons. The van der Waals surface area contributed by atoms with Crippen LogP contribution in [-0.4, -0.2) is 65.9 Å². The SMILES string of the molecule is CC(C)(C)NC(=O)NC(=O)CN1CCN(C(=O)c2ccoc2)CC1. The van der Waals surface area contributed by atoms with Crippen LogP contribution in [0, 0.1) is 0 Å². The van der Waals surface area contributed by atoms with Crippen LogP contribution < -0.4 is 10.6 Å². The average molecular weight is 336 g/mol. The Hall–Kier alpha value is -2.35. The Bertz CT molecular complexity index is 584. The third-order valence-electron chi connectivity index (χ3n) is 3.54. The Labute approximate surface area is 141 Å². The van der Waals surface area contributed by atoms with E-state index in [2.05, 4.69) is 10.6 Å². The van der Waals surface area contributed by atoms with Crippen LogP contribution >= 0.6 is 0 Å². The predicted molar refractivity (Wildman–Crippen MR) is 87.5 cm³/mol. The Morgan fingerprint density at radius 3 is 2.38 bits per heavy atom. The van der Waals surface area contributed by atoms with E-state index < -0.39 is 11.6 Å². The predicted octanol–water partition coefficient (Wildman–Crippen LogP) is 0.662. The lowest BCUT2D eigenvalue weighted by Crippen LogP contribution is -2.53. The summed E-state index contributed by atoms with van der Waals surface area (Å²) in [6, 6.07) is 1.14. The van der Waals surface area contributed by atoms with E-state index in [1.807, 2.05) is 25.7 Å². The van der Waals surface area contributed by atoms with Gasteiger partial charge in [0.25, 0.3) is 5.91 Å². The smallest absolute Gasteiger partial charge is 0.321 e. The first-order chi connectivity index (χ1) is 11.2. The van der Waals surface area contributed by atoms with E-state index in [-0.39, 0.29) is 18.4 Å². The van der Waals surface area contributed by atoms with Crippen molar-refractivity contribution in [2.24, 2.45) is 0 Å². The first kappa shape index (κ1) is 18.0. The van der Waals surface area contributed by atoms with Crippen LogP contribution in [0.1, 0.15) is 31.1 Å². The molecule has 1 aromatic heterocycles.